The average molecular weight is 560 g/mol. The van der Waals surface area contributed by atoms with Crippen molar-refractivity contribution in [1.82, 2.24) is 14.7 Å². The van der Waals surface area contributed by atoms with E-state index in [1.165, 1.54) is 0 Å². The topological polar surface area (TPSA) is 99.6 Å². The second-order valence-corrected chi connectivity index (χ2v) is 12.5. The number of benzene rings is 1. The van der Waals surface area contributed by atoms with Gasteiger partial charge in [0.05, 0.1) is 40.2 Å². The fourth-order valence-corrected chi connectivity index (χ4v) is 6.20. The molecule has 0 aliphatic carbocycles. The smallest absolute Gasteiger partial charge is 0.308 e. The Labute approximate surface area is 238 Å². The van der Waals surface area contributed by atoms with E-state index in [0.29, 0.717) is 50.6 Å². The second-order valence-electron chi connectivity index (χ2n) is 12.5. The largest absolute Gasteiger partial charge is 0.481 e. The number of carbonyl (C=O) groups is 3. The molecule has 0 spiro atoms. The molecule has 2 amide bonds. The van der Waals surface area contributed by atoms with Crippen LogP contribution in [0, 0.1) is 5.92 Å². The molecule has 0 bridgehead atoms. The highest BCUT2D eigenvalue weighted by Crippen LogP contribution is 2.42. The number of amides is 2. The number of unbranched alkanes of at least 4 members (excludes halogenated alkanes) is 2. The highest BCUT2D eigenvalue weighted by Gasteiger charge is 2.48. The van der Waals surface area contributed by atoms with Crippen LogP contribution in [-0.2, 0) is 14.4 Å². The van der Waals surface area contributed by atoms with Crippen LogP contribution in [0.4, 0.5) is 0 Å². The van der Waals surface area contributed by atoms with Crippen molar-refractivity contribution >= 4 is 17.8 Å². The minimum Gasteiger partial charge on any atom is -0.481 e. The van der Waals surface area contributed by atoms with Crippen molar-refractivity contribution in [1.29, 1.82) is 0 Å². The maximum atomic E-state index is 13.7. The van der Waals surface area contributed by atoms with Gasteiger partial charge in [-0.1, -0.05) is 19.4 Å². The van der Waals surface area contributed by atoms with E-state index in [1.807, 2.05) is 28.0 Å². The van der Waals surface area contributed by atoms with Gasteiger partial charge in [-0.15, -0.1) is 0 Å². The summed E-state index contributed by atoms with van der Waals surface area (Å²) >= 11 is 0. The predicted octanol–water partition coefficient (Wildman–Crippen LogP) is 2.62. The molecule has 3 aliphatic heterocycles. The van der Waals surface area contributed by atoms with Crippen LogP contribution in [-0.4, -0.2) is 122 Å². The number of carboxylic acids is 1. The Hall–Kier alpha value is -2.85. The van der Waals surface area contributed by atoms with Gasteiger partial charge in [0.15, 0.2) is 11.5 Å². The third kappa shape index (κ3) is 7.46. The number of fused-ring (bicyclic) bond motifs is 1. The molecular weight excluding hydrogens is 512 g/mol. The molecule has 3 aliphatic rings. The van der Waals surface area contributed by atoms with E-state index >= 15 is 0 Å². The molecule has 10 heteroatoms. The number of carbonyl (C=O) groups excluding carboxylic acids is 2. The van der Waals surface area contributed by atoms with Crippen molar-refractivity contribution < 1.29 is 33.4 Å². The Kier molecular flexibility index (Phi) is 9.94. The van der Waals surface area contributed by atoms with E-state index in [4.69, 9.17) is 9.47 Å². The molecule has 3 atom stereocenters. The van der Waals surface area contributed by atoms with Gasteiger partial charge in [0.1, 0.15) is 0 Å². The normalized spacial score (nSPS) is 22.8. The third-order valence-corrected chi connectivity index (χ3v) is 8.42. The zero-order valence-corrected chi connectivity index (χ0v) is 24.6. The van der Waals surface area contributed by atoms with Gasteiger partial charge in [-0.05, 0) is 43.4 Å². The number of quaternary nitrogens is 1. The van der Waals surface area contributed by atoms with Gasteiger partial charge in [0.25, 0.3) is 0 Å². The number of nitrogens with zero attached hydrogens (tertiary/aromatic N) is 4. The molecule has 0 unspecified atom stereocenters. The average Bonchev–Trinajstić information content (AvgIpc) is 3.62. The van der Waals surface area contributed by atoms with Crippen molar-refractivity contribution in [2.45, 2.75) is 57.4 Å². The first-order valence-corrected chi connectivity index (χ1v) is 14.8. The Bertz CT molecular complexity index is 1060. The van der Waals surface area contributed by atoms with Crippen LogP contribution >= 0.6 is 0 Å². The fourth-order valence-electron chi connectivity index (χ4n) is 6.20. The molecule has 0 aromatic heterocycles. The summed E-state index contributed by atoms with van der Waals surface area (Å²) in [6.07, 6.45) is 5.19. The minimum atomic E-state index is -0.905. The lowest BCUT2D eigenvalue weighted by atomic mass is 9.85. The van der Waals surface area contributed by atoms with Crippen LogP contribution in [0.25, 0.3) is 0 Å². The van der Waals surface area contributed by atoms with Gasteiger partial charge in [-0.2, -0.15) is 0 Å². The van der Waals surface area contributed by atoms with E-state index in [0.717, 1.165) is 48.7 Å². The van der Waals surface area contributed by atoms with E-state index in [2.05, 4.69) is 28.1 Å². The summed E-state index contributed by atoms with van der Waals surface area (Å²) in [5.41, 5.74) is 0.854. The minimum absolute atomic E-state index is 0.0342. The first kappa shape index (κ1) is 30.1. The van der Waals surface area contributed by atoms with Crippen molar-refractivity contribution in [3.05, 3.63) is 23.8 Å². The number of carboxylic acid groups (broad SMARTS) is 1. The highest BCUT2D eigenvalue weighted by molar-refractivity contribution is 5.80. The van der Waals surface area contributed by atoms with Gasteiger partial charge in [0.2, 0.25) is 18.6 Å². The molecular formula is C30H47N4O6+. The summed E-state index contributed by atoms with van der Waals surface area (Å²) in [7, 11) is 6.52. The lowest BCUT2D eigenvalue weighted by Gasteiger charge is -2.32. The fraction of sp³-hybridized carbons (Fsp3) is 0.700. The summed E-state index contributed by atoms with van der Waals surface area (Å²) in [5, 5.41) is 10.5. The lowest BCUT2D eigenvalue weighted by Crippen LogP contribution is -2.49. The number of likely N-dealkylation sites (tertiary alicyclic amines) is 2. The van der Waals surface area contributed by atoms with Crippen molar-refractivity contribution in [3.63, 3.8) is 0 Å². The van der Waals surface area contributed by atoms with Gasteiger partial charge in [-0.25, -0.2) is 0 Å². The van der Waals surface area contributed by atoms with Crippen molar-refractivity contribution in [3.8, 4) is 11.5 Å². The first-order valence-electron chi connectivity index (χ1n) is 14.8. The quantitative estimate of drug-likeness (QED) is 0.276. The summed E-state index contributed by atoms with van der Waals surface area (Å²) in [5.74, 6) is -0.641. The van der Waals surface area contributed by atoms with Crippen molar-refractivity contribution in [2.75, 3.05) is 73.7 Å². The zero-order valence-electron chi connectivity index (χ0n) is 24.6. The van der Waals surface area contributed by atoms with Crippen molar-refractivity contribution in [2.24, 2.45) is 5.92 Å². The molecule has 3 heterocycles. The molecule has 222 valence electrons. The van der Waals surface area contributed by atoms with Crippen LogP contribution in [0.3, 0.4) is 0 Å². The Morgan fingerprint density at radius 2 is 1.85 bits per heavy atom. The molecule has 1 aromatic carbocycles. The number of hydrogen-bond acceptors (Lipinski definition) is 6. The maximum absolute atomic E-state index is 13.7. The van der Waals surface area contributed by atoms with Gasteiger partial charge in [-0.3, -0.25) is 19.3 Å². The summed E-state index contributed by atoms with van der Waals surface area (Å²) in [6, 6.07) is 5.14. The molecule has 1 aromatic rings. The van der Waals surface area contributed by atoms with Crippen LogP contribution in [0.15, 0.2) is 18.2 Å². The van der Waals surface area contributed by atoms with Gasteiger partial charge < -0.3 is 28.9 Å². The number of hydrogen-bond donors (Lipinski definition) is 1. The summed E-state index contributed by atoms with van der Waals surface area (Å²) < 4.78 is 11.9. The van der Waals surface area contributed by atoms with Crippen LogP contribution in [0.5, 0.6) is 11.5 Å². The molecule has 2 fully saturated rings. The third-order valence-electron chi connectivity index (χ3n) is 8.42. The maximum Gasteiger partial charge on any atom is 0.308 e. The number of aliphatic carboxylic acids is 1. The Morgan fingerprint density at radius 1 is 1.10 bits per heavy atom. The second kappa shape index (κ2) is 13.2. The SMILES string of the molecule is CCCCN(CCCC[N+](C)(C)C)C(=O)CN1C[C@H](c2ccc3c(c2)OCO3)[C@@H](C(=O)O)[C@@H]1CN1CCCC1=O. The van der Waals surface area contributed by atoms with E-state index < -0.39 is 17.9 Å². The zero-order chi connectivity index (χ0) is 28.9. The molecule has 10 nitrogen and oxygen atoms in total. The summed E-state index contributed by atoms with van der Waals surface area (Å²) in [4.78, 5) is 44.8. The Balaban J connectivity index is 1.54. The van der Waals surface area contributed by atoms with E-state index in [-0.39, 0.29) is 31.1 Å². The molecule has 2 saturated heterocycles. The molecule has 40 heavy (non-hydrogen) atoms. The summed E-state index contributed by atoms with van der Waals surface area (Å²) in [6.45, 7) is 6.26. The standard InChI is InChI=1S/C30H46N4O6/c1-5-6-13-31(14-7-8-16-34(2,3)4)28(36)20-33-18-23(22-11-12-25-26(17-22)40-21-39-25)29(30(37)38)24(33)19-32-15-9-10-27(32)35/h11-12,17,23-24,29H,5-10,13-16,18-21H2,1-4H3/p+1/t23-,24+,29-/m1/s1. The molecule has 1 N–H and O–H groups in total. The number of ether oxygens (including phenoxy) is 2. The van der Waals surface area contributed by atoms with E-state index in [1.54, 1.807) is 4.90 Å². The highest BCUT2D eigenvalue weighted by atomic mass is 16.7. The molecule has 4 rings (SSSR count). The van der Waals surface area contributed by atoms with Gasteiger partial charge in [0, 0.05) is 51.1 Å². The van der Waals surface area contributed by atoms with Crippen LogP contribution in [0.1, 0.15) is 56.9 Å². The van der Waals surface area contributed by atoms with Crippen LogP contribution in [0.2, 0.25) is 0 Å². The number of rotatable bonds is 14. The van der Waals surface area contributed by atoms with E-state index in [9.17, 15) is 19.5 Å². The Morgan fingerprint density at radius 3 is 2.52 bits per heavy atom. The predicted molar refractivity (Wildman–Crippen MR) is 151 cm³/mol. The lowest BCUT2D eigenvalue weighted by molar-refractivity contribution is -0.870. The molecule has 0 saturated carbocycles. The molecule has 0 radical (unpaired) electrons. The van der Waals surface area contributed by atoms with Crippen LogP contribution < -0.4 is 9.47 Å². The van der Waals surface area contributed by atoms with Gasteiger partial charge >= 0.3 is 5.97 Å². The first-order chi connectivity index (χ1) is 19.1. The monoisotopic (exact) mass is 559 g/mol.